The van der Waals surface area contributed by atoms with Crippen molar-refractivity contribution in [2.45, 2.75) is 32.7 Å². The van der Waals surface area contributed by atoms with Gasteiger partial charge in [-0.1, -0.05) is 6.92 Å². The summed E-state index contributed by atoms with van der Waals surface area (Å²) in [6.45, 7) is 5.28. The topological polar surface area (TPSA) is 45.2 Å². The van der Waals surface area contributed by atoms with E-state index in [1.807, 2.05) is 24.8 Å². The van der Waals surface area contributed by atoms with Crippen molar-refractivity contribution in [1.29, 1.82) is 0 Å². The minimum Gasteiger partial charge on any atom is -0.380 e. The van der Waals surface area contributed by atoms with Gasteiger partial charge in [0.1, 0.15) is 5.82 Å². The van der Waals surface area contributed by atoms with Gasteiger partial charge in [0, 0.05) is 42.3 Å². The summed E-state index contributed by atoms with van der Waals surface area (Å²) < 4.78 is 13.5. The number of benzene rings is 1. The lowest BCUT2D eigenvalue weighted by atomic mass is 10.1. The molecule has 1 aliphatic rings. The highest BCUT2D eigenvalue weighted by Gasteiger charge is 2.25. The number of carbonyl (C=O) groups is 1. The standard InChI is InChI=1S/C17H20FN3O/c1-3-17(22)21-7-6-13(10-21)20-16-8-11(2)19-15-5-4-12(18)9-14(15)16/h4-5,8-9,13H,3,6-7,10H2,1-2H3,(H,19,20). The molecule has 0 aliphatic carbocycles. The SMILES string of the molecule is CCC(=O)N1CCC(Nc2cc(C)nc3ccc(F)cc23)C1. The van der Waals surface area contributed by atoms with Gasteiger partial charge >= 0.3 is 0 Å². The molecule has 1 aromatic heterocycles. The Balaban J connectivity index is 1.85. The molecule has 5 heteroatoms. The van der Waals surface area contributed by atoms with Crippen molar-refractivity contribution in [3.63, 3.8) is 0 Å². The second-order valence-corrected chi connectivity index (χ2v) is 5.80. The van der Waals surface area contributed by atoms with Gasteiger partial charge in [-0.05, 0) is 37.6 Å². The molecule has 1 aromatic carbocycles. The Morgan fingerprint density at radius 2 is 2.27 bits per heavy atom. The second-order valence-electron chi connectivity index (χ2n) is 5.80. The van der Waals surface area contributed by atoms with Gasteiger partial charge in [0.2, 0.25) is 5.91 Å². The van der Waals surface area contributed by atoms with E-state index < -0.39 is 0 Å². The highest BCUT2D eigenvalue weighted by Crippen LogP contribution is 2.26. The predicted octanol–water partition coefficient (Wildman–Crippen LogP) is 3.11. The molecule has 0 radical (unpaired) electrons. The first kappa shape index (κ1) is 14.8. The molecule has 1 unspecified atom stereocenters. The van der Waals surface area contributed by atoms with Crippen LogP contribution in [0.5, 0.6) is 0 Å². The van der Waals surface area contributed by atoms with Gasteiger partial charge in [0.05, 0.1) is 5.52 Å². The van der Waals surface area contributed by atoms with Crippen LogP contribution < -0.4 is 5.32 Å². The summed E-state index contributed by atoms with van der Waals surface area (Å²) in [4.78, 5) is 18.1. The first-order valence-electron chi connectivity index (χ1n) is 7.68. The lowest BCUT2D eigenvalue weighted by molar-refractivity contribution is -0.129. The van der Waals surface area contributed by atoms with Crippen LogP contribution in [0.1, 0.15) is 25.5 Å². The molecule has 2 aromatic rings. The van der Waals surface area contributed by atoms with E-state index in [4.69, 9.17) is 0 Å². The van der Waals surface area contributed by atoms with E-state index in [-0.39, 0.29) is 17.8 Å². The zero-order chi connectivity index (χ0) is 15.7. The number of halogens is 1. The van der Waals surface area contributed by atoms with Crippen molar-refractivity contribution >= 4 is 22.5 Å². The number of hydrogen-bond acceptors (Lipinski definition) is 3. The van der Waals surface area contributed by atoms with Crippen LogP contribution in [0.2, 0.25) is 0 Å². The number of amides is 1. The van der Waals surface area contributed by atoms with Crippen LogP contribution in [0.25, 0.3) is 10.9 Å². The highest BCUT2D eigenvalue weighted by molar-refractivity contribution is 5.91. The molecule has 1 atom stereocenters. The fourth-order valence-corrected chi connectivity index (χ4v) is 3.00. The van der Waals surface area contributed by atoms with Gasteiger partial charge in [0.15, 0.2) is 0 Å². The van der Waals surface area contributed by atoms with Crippen LogP contribution in [-0.4, -0.2) is 34.9 Å². The third-order valence-corrected chi connectivity index (χ3v) is 4.10. The largest absolute Gasteiger partial charge is 0.380 e. The summed E-state index contributed by atoms with van der Waals surface area (Å²) in [5.74, 6) is -0.0819. The van der Waals surface area contributed by atoms with Crippen LogP contribution in [0.4, 0.5) is 10.1 Å². The first-order valence-corrected chi connectivity index (χ1v) is 7.68. The Kier molecular flexibility index (Phi) is 3.96. The predicted molar refractivity (Wildman–Crippen MR) is 85.3 cm³/mol. The molecule has 3 rings (SSSR count). The Labute approximate surface area is 129 Å². The third-order valence-electron chi connectivity index (χ3n) is 4.10. The zero-order valence-electron chi connectivity index (χ0n) is 12.9. The van der Waals surface area contributed by atoms with Crippen LogP contribution >= 0.6 is 0 Å². The normalized spacial score (nSPS) is 18.0. The van der Waals surface area contributed by atoms with E-state index in [1.54, 1.807) is 6.07 Å². The number of aromatic nitrogens is 1. The number of anilines is 1. The number of pyridine rings is 1. The van der Waals surface area contributed by atoms with Gasteiger partial charge in [-0.25, -0.2) is 4.39 Å². The van der Waals surface area contributed by atoms with Gasteiger partial charge in [-0.3, -0.25) is 9.78 Å². The number of rotatable bonds is 3. The molecule has 0 saturated carbocycles. The van der Waals surface area contributed by atoms with Crippen molar-refractivity contribution < 1.29 is 9.18 Å². The Morgan fingerprint density at radius 1 is 1.45 bits per heavy atom. The lowest BCUT2D eigenvalue weighted by Crippen LogP contribution is -2.31. The Morgan fingerprint density at radius 3 is 3.05 bits per heavy atom. The van der Waals surface area contributed by atoms with E-state index in [0.717, 1.165) is 35.2 Å². The minimum atomic E-state index is -0.268. The third kappa shape index (κ3) is 2.89. The van der Waals surface area contributed by atoms with E-state index in [9.17, 15) is 9.18 Å². The van der Waals surface area contributed by atoms with Crippen molar-refractivity contribution in [3.05, 3.63) is 35.8 Å². The molecular weight excluding hydrogens is 281 g/mol. The quantitative estimate of drug-likeness (QED) is 0.947. The van der Waals surface area contributed by atoms with Crippen LogP contribution in [0.3, 0.4) is 0 Å². The summed E-state index contributed by atoms with van der Waals surface area (Å²) in [5, 5.41) is 4.24. The minimum absolute atomic E-state index is 0.186. The van der Waals surface area contributed by atoms with Crippen molar-refractivity contribution in [3.8, 4) is 0 Å². The number of hydrogen-bond donors (Lipinski definition) is 1. The lowest BCUT2D eigenvalue weighted by Gasteiger charge is -2.18. The number of fused-ring (bicyclic) bond motifs is 1. The maximum absolute atomic E-state index is 13.5. The molecule has 4 nitrogen and oxygen atoms in total. The van der Waals surface area contributed by atoms with Gasteiger partial charge in [0.25, 0.3) is 0 Å². The van der Waals surface area contributed by atoms with E-state index >= 15 is 0 Å². The van der Waals surface area contributed by atoms with Crippen molar-refractivity contribution in [2.24, 2.45) is 0 Å². The number of aryl methyl sites for hydroxylation is 1. The first-order chi connectivity index (χ1) is 10.6. The average Bonchev–Trinajstić information content (AvgIpc) is 2.95. The van der Waals surface area contributed by atoms with Crippen LogP contribution in [0, 0.1) is 12.7 Å². The van der Waals surface area contributed by atoms with Crippen molar-refractivity contribution in [1.82, 2.24) is 9.88 Å². The van der Waals surface area contributed by atoms with Gasteiger partial charge in [-0.15, -0.1) is 0 Å². The summed E-state index contributed by atoms with van der Waals surface area (Å²) in [7, 11) is 0. The summed E-state index contributed by atoms with van der Waals surface area (Å²) >= 11 is 0. The van der Waals surface area contributed by atoms with E-state index in [1.165, 1.54) is 12.1 Å². The number of nitrogens with one attached hydrogen (secondary N) is 1. The van der Waals surface area contributed by atoms with Crippen LogP contribution in [-0.2, 0) is 4.79 Å². The molecular formula is C17H20FN3O. The van der Waals surface area contributed by atoms with E-state index in [2.05, 4.69) is 10.3 Å². The molecule has 1 amide bonds. The molecule has 116 valence electrons. The van der Waals surface area contributed by atoms with Crippen LogP contribution in [0.15, 0.2) is 24.3 Å². The number of nitrogens with zero attached hydrogens (tertiary/aromatic N) is 2. The molecule has 0 spiro atoms. The summed E-state index contributed by atoms with van der Waals surface area (Å²) in [6.07, 6.45) is 1.44. The average molecular weight is 301 g/mol. The number of likely N-dealkylation sites (tertiary alicyclic amines) is 1. The summed E-state index contributed by atoms with van der Waals surface area (Å²) in [5.41, 5.74) is 2.56. The molecule has 1 saturated heterocycles. The monoisotopic (exact) mass is 301 g/mol. The summed E-state index contributed by atoms with van der Waals surface area (Å²) in [6, 6.07) is 6.77. The van der Waals surface area contributed by atoms with Gasteiger partial charge in [-0.2, -0.15) is 0 Å². The molecule has 1 fully saturated rings. The van der Waals surface area contributed by atoms with Crippen molar-refractivity contribution in [2.75, 3.05) is 18.4 Å². The molecule has 1 aliphatic heterocycles. The fourth-order valence-electron chi connectivity index (χ4n) is 3.00. The smallest absolute Gasteiger partial charge is 0.222 e. The fraction of sp³-hybridized carbons (Fsp3) is 0.412. The molecule has 22 heavy (non-hydrogen) atoms. The Hall–Kier alpha value is -2.17. The maximum atomic E-state index is 13.5. The molecule has 0 bridgehead atoms. The van der Waals surface area contributed by atoms with Gasteiger partial charge < -0.3 is 10.2 Å². The zero-order valence-corrected chi connectivity index (χ0v) is 12.9. The highest BCUT2D eigenvalue weighted by atomic mass is 19.1. The molecule has 2 heterocycles. The number of carbonyl (C=O) groups excluding carboxylic acids is 1. The van der Waals surface area contributed by atoms with E-state index in [0.29, 0.717) is 13.0 Å². The molecule has 1 N–H and O–H groups in total. The maximum Gasteiger partial charge on any atom is 0.222 e. The second kappa shape index (κ2) is 5.91. The Bertz CT molecular complexity index is 716.